The molecule has 0 saturated carbocycles. The summed E-state index contributed by atoms with van der Waals surface area (Å²) >= 11 is 7.05. The van der Waals surface area contributed by atoms with Crippen LogP contribution in [0.4, 0.5) is 13.2 Å². The van der Waals surface area contributed by atoms with Gasteiger partial charge in [0.15, 0.2) is 11.7 Å². The van der Waals surface area contributed by atoms with Crippen LogP contribution in [0.1, 0.15) is 17.6 Å². The number of para-hydroxylation sites is 1. The molecular weight excluding hydrogens is 528 g/mol. The van der Waals surface area contributed by atoms with Crippen molar-refractivity contribution in [2.24, 2.45) is 4.99 Å². The predicted octanol–water partition coefficient (Wildman–Crippen LogP) is 4.61. The van der Waals surface area contributed by atoms with Crippen molar-refractivity contribution in [1.29, 1.82) is 0 Å². The lowest BCUT2D eigenvalue weighted by Crippen LogP contribution is -2.42. The van der Waals surface area contributed by atoms with Gasteiger partial charge in [-0.2, -0.15) is 13.2 Å². The monoisotopic (exact) mass is 548 g/mol. The minimum absolute atomic E-state index is 0. The van der Waals surface area contributed by atoms with Crippen LogP contribution in [0.25, 0.3) is 0 Å². The number of benzene rings is 1. The van der Waals surface area contributed by atoms with Gasteiger partial charge >= 0.3 is 6.18 Å². The maximum atomic E-state index is 12.5. The Balaban J connectivity index is 0.00000392. The van der Waals surface area contributed by atoms with Crippen LogP contribution in [-0.4, -0.2) is 37.2 Å². The number of nitrogens with zero attached hydrogens (tertiary/aromatic N) is 2. The minimum Gasteiger partial charge on any atom is -0.487 e. The fraction of sp³-hybridized carbons (Fsp3) is 0.412. The molecule has 0 radical (unpaired) electrons. The molecule has 11 heteroatoms. The van der Waals surface area contributed by atoms with Crippen LogP contribution in [0.5, 0.6) is 5.75 Å². The van der Waals surface area contributed by atoms with Crippen LogP contribution in [0.3, 0.4) is 0 Å². The lowest BCUT2D eigenvalue weighted by Gasteiger charge is -2.18. The van der Waals surface area contributed by atoms with Gasteiger partial charge in [-0.3, -0.25) is 4.99 Å². The number of halogens is 5. The first-order valence-corrected chi connectivity index (χ1v) is 9.42. The van der Waals surface area contributed by atoms with Crippen molar-refractivity contribution < 1.29 is 17.9 Å². The molecule has 1 aromatic heterocycles. The molecule has 28 heavy (non-hydrogen) atoms. The zero-order valence-electron chi connectivity index (χ0n) is 15.2. The molecule has 0 fully saturated rings. The Morgan fingerprint density at radius 1 is 1.32 bits per heavy atom. The van der Waals surface area contributed by atoms with E-state index in [4.69, 9.17) is 16.3 Å². The summed E-state index contributed by atoms with van der Waals surface area (Å²) in [7, 11) is 1.61. The SMILES string of the molecule is CN=C(NCCc1nc(C(F)(F)F)cs1)NCC(C)Oc1ccccc1Cl.I. The summed E-state index contributed by atoms with van der Waals surface area (Å²) in [6.07, 6.45) is -4.21. The first kappa shape index (κ1) is 24.8. The number of hydrogen-bond donors (Lipinski definition) is 2. The first-order chi connectivity index (χ1) is 12.8. The van der Waals surface area contributed by atoms with E-state index in [0.29, 0.717) is 41.2 Å². The lowest BCUT2D eigenvalue weighted by atomic mass is 10.3. The van der Waals surface area contributed by atoms with Crippen LogP contribution >= 0.6 is 46.9 Å². The standard InChI is InChI=1S/C17H20ClF3N4OS.HI/c1-11(26-13-6-4-3-5-12(13)18)9-24-16(22-2)23-8-7-15-25-14(10-27-15)17(19,20)21;/h3-6,10-11H,7-9H2,1-2H3,(H2,22,23,24);1H. The molecule has 2 aromatic rings. The first-order valence-electron chi connectivity index (χ1n) is 8.17. The van der Waals surface area contributed by atoms with Gasteiger partial charge in [0.1, 0.15) is 11.9 Å². The van der Waals surface area contributed by atoms with Crippen molar-refractivity contribution in [1.82, 2.24) is 15.6 Å². The van der Waals surface area contributed by atoms with Crippen LogP contribution in [0.15, 0.2) is 34.6 Å². The second-order valence-electron chi connectivity index (χ2n) is 5.61. The number of thiazole rings is 1. The summed E-state index contributed by atoms with van der Waals surface area (Å²) in [6, 6.07) is 7.20. The molecular formula is C17H21ClF3IN4OS. The number of ether oxygens (including phenoxy) is 1. The Hall–Kier alpha value is -1.27. The molecule has 0 aliphatic heterocycles. The molecule has 5 nitrogen and oxygen atoms in total. The number of guanidine groups is 1. The summed E-state index contributed by atoms with van der Waals surface area (Å²) in [5.41, 5.74) is -0.851. The molecule has 1 aromatic carbocycles. The highest BCUT2D eigenvalue weighted by Gasteiger charge is 2.33. The fourth-order valence-corrected chi connectivity index (χ4v) is 3.09. The summed E-state index contributed by atoms with van der Waals surface area (Å²) in [5, 5.41) is 8.11. The number of hydrogen-bond acceptors (Lipinski definition) is 4. The van der Waals surface area contributed by atoms with E-state index in [9.17, 15) is 13.2 Å². The Bertz CT molecular complexity index is 773. The van der Waals surface area contributed by atoms with E-state index < -0.39 is 11.9 Å². The van der Waals surface area contributed by atoms with Crippen LogP contribution in [0.2, 0.25) is 5.02 Å². The number of rotatable bonds is 7. The van der Waals surface area contributed by atoms with E-state index in [0.717, 1.165) is 16.7 Å². The normalized spacial score (nSPS) is 12.9. The molecule has 156 valence electrons. The number of nitrogens with one attached hydrogen (secondary N) is 2. The molecule has 1 unspecified atom stereocenters. The van der Waals surface area contributed by atoms with Gasteiger partial charge < -0.3 is 15.4 Å². The third kappa shape index (κ3) is 8.00. The number of aromatic nitrogens is 1. The van der Waals surface area contributed by atoms with Crippen LogP contribution in [0, 0.1) is 0 Å². The van der Waals surface area contributed by atoms with E-state index in [1.165, 1.54) is 0 Å². The highest BCUT2D eigenvalue weighted by atomic mass is 127. The lowest BCUT2D eigenvalue weighted by molar-refractivity contribution is -0.140. The zero-order chi connectivity index (χ0) is 19.9. The van der Waals surface area contributed by atoms with Crippen molar-refractivity contribution in [2.45, 2.75) is 25.6 Å². The smallest absolute Gasteiger partial charge is 0.434 e. The second kappa shape index (κ2) is 11.7. The van der Waals surface area contributed by atoms with Crippen LogP contribution in [-0.2, 0) is 12.6 Å². The van der Waals surface area contributed by atoms with E-state index >= 15 is 0 Å². The quantitative estimate of drug-likeness (QED) is 0.302. The summed E-state index contributed by atoms with van der Waals surface area (Å²) < 4.78 is 43.4. The van der Waals surface area contributed by atoms with Gasteiger partial charge in [0, 0.05) is 25.4 Å². The van der Waals surface area contributed by atoms with Gasteiger partial charge in [0.25, 0.3) is 0 Å². The average molecular weight is 549 g/mol. The second-order valence-corrected chi connectivity index (χ2v) is 6.96. The molecule has 1 heterocycles. The Labute approximate surface area is 187 Å². The van der Waals surface area contributed by atoms with E-state index in [-0.39, 0.29) is 30.1 Å². The zero-order valence-corrected chi connectivity index (χ0v) is 19.1. The third-order valence-electron chi connectivity index (χ3n) is 3.42. The van der Waals surface area contributed by atoms with E-state index in [1.807, 2.05) is 19.1 Å². The highest BCUT2D eigenvalue weighted by molar-refractivity contribution is 14.0. The molecule has 0 spiro atoms. The van der Waals surface area contributed by atoms with Gasteiger partial charge in [0.2, 0.25) is 0 Å². The van der Waals surface area contributed by atoms with E-state index in [1.54, 1.807) is 19.2 Å². The maximum Gasteiger partial charge on any atom is 0.434 e. The highest BCUT2D eigenvalue weighted by Crippen LogP contribution is 2.30. The predicted molar refractivity (Wildman–Crippen MR) is 117 cm³/mol. The molecule has 1 atom stereocenters. The van der Waals surface area contributed by atoms with Gasteiger partial charge in [-0.05, 0) is 19.1 Å². The van der Waals surface area contributed by atoms with Crippen LogP contribution < -0.4 is 15.4 Å². The molecule has 2 N–H and O–H groups in total. The fourth-order valence-electron chi connectivity index (χ4n) is 2.10. The molecule has 0 bridgehead atoms. The molecule has 0 aliphatic rings. The van der Waals surface area contributed by atoms with E-state index in [2.05, 4.69) is 20.6 Å². The maximum absolute atomic E-state index is 12.5. The van der Waals surface area contributed by atoms with Crippen molar-refractivity contribution in [3.63, 3.8) is 0 Å². The van der Waals surface area contributed by atoms with Crippen molar-refractivity contribution in [3.8, 4) is 5.75 Å². The number of alkyl halides is 3. The van der Waals surface area contributed by atoms with Crippen molar-refractivity contribution in [2.75, 3.05) is 20.1 Å². The Morgan fingerprint density at radius 2 is 2.04 bits per heavy atom. The van der Waals surface area contributed by atoms with Crippen molar-refractivity contribution in [3.05, 3.63) is 45.4 Å². The summed E-state index contributed by atoms with van der Waals surface area (Å²) in [6.45, 7) is 2.77. The van der Waals surface area contributed by atoms with Gasteiger partial charge in [0.05, 0.1) is 16.6 Å². The van der Waals surface area contributed by atoms with Crippen molar-refractivity contribution >= 4 is 52.9 Å². The van der Waals surface area contributed by atoms with Gasteiger partial charge in [-0.1, -0.05) is 23.7 Å². The summed E-state index contributed by atoms with van der Waals surface area (Å²) in [5.74, 6) is 1.12. The molecule has 0 amide bonds. The molecule has 0 aliphatic carbocycles. The average Bonchev–Trinajstić information content (AvgIpc) is 3.09. The molecule has 2 rings (SSSR count). The Kier molecular flexibility index (Phi) is 10.3. The topological polar surface area (TPSA) is 58.5 Å². The van der Waals surface area contributed by atoms with Gasteiger partial charge in [-0.15, -0.1) is 35.3 Å². The third-order valence-corrected chi connectivity index (χ3v) is 4.64. The molecule has 0 saturated heterocycles. The number of aliphatic imine (C=N–C) groups is 1. The largest absolute Gasteiger partial charge is 0.487 e. The minimum atomic E-state index is -4.41. The van der Waals surface area contributed by atoms with Gasteiger partial charge in [-0.25, -0.2) is 4.98 Å². The summed E-state index contributed by atoms with van der Waals surface area (Å²) in [4.78, 5) is 7.67. The Morgan fingerprint density at radius 3 is 2.64 bits per heavy atom.